The van der Waals surface area contributed by atoms with E-state index in [-0.39, 0.29) is 84.9 Å². The van der Waals surface area contributed by atoms with Crippen LogP contribution in [0, 0.1) is 29.6 Å². The fourth-order valence-electron chi connectivity index (χ4n) is 8.41. The second-order valence-corrected chi connectivity index (χ2v) is 26.7. The van der Waals surface area contributed by atoms with Gasteiger partial charge in [0, 0.05) is 84.1 Å². The van der Waals surface area contributed by atoms with Crippen LogP contribution in [0.2, 0.25) is 0 Å². The zero-order chi connectivity index (χ0) is 66.1. The molecule has 18 heteroatoms. The minimum atomic E-state index is -0.922. The third-order valence-corrected chi connectivity index (χ3v) is 16.9. The molecule has 6 rings (SSSR count). The van der Waals surface area contributed by atoms with Crippen molar-refractivity contribution in [2.75, 3.05) is 26.6 Å². The number of methoxy groups -OCH3 is 1. The predicted octanol–water partition coefficient (Wildman–Crippen LogP) is 18.3. The molecule has 1 aliphatic heterocycles. The van der Waals surface area contributed by atoms with E-state index in [1.54, 1.807) is 13.1 Å². The average Bonchev–Trinajstić information content (AvgIpc) is 4.02. The first-order chi connectivity index (χ1) is 41.7. The summed E-state index contributed by atoms with van der Waals surface area (Å²) in [6, 6.07) is 40.1. The third kappa shape index (κ3) is 37.5. The second kappa shape index (κ2) is 47.3. The van der Waals surface area contributed by atoms with Crippen molar-refractivity contribution in [1.82, 2.24) is 5.06 Å². The number of ether oxygens (including phenoxy) is 2. The minimum absolute atomic E-state index is 0.00887. The van der Waals surface area contributed by atoms with Crippen LogP contribution in [0.25, 0.3) is 0 Å². The average molecular weight is 1600 g/mol. The number of amides is 1. The molecular weight excluding hydrogens is 1510 g/mol. The first-order valence-corrected chi connectivity index (χ1v) is 34.2. The number of hydrogen-bond acceptors (Lipinski definition) is 10. The number of allylic oxidation sites excluding steroid dienone is 2. The number of carbonyl (C=O) groups is 7. The molecule has 0 radical (unpaired) electrons. The van der Waals surface area contributed by atoms with E-state index >= 15 is 0 Å². The summed E-state index contributed by atoms with van der Waals surface area (Å²) in [6.07, 6.45) is 12.0. The van der Waals surface area contributed by atoms with Crippen molar-refractivity contribution >= 4 is 137 Å². The molecule has 480 valence electrons. The first kappa shape index (κ1) is 81.3. The number of carbonyl (C=O) groups excluding carboxylic acids is 6. The van der Waals surface area contributed by atoms with Crippen LogP contribution in [-0.2, 0) is 80.0 Å². The summed E-state index contributed by atoms with van der Waals surface area (Å²) in [5, 5.41) is 10.8. The van der Waals surface area contributed by atoms with Gasteiger partial charge in [-0.2, -0.15) is 0 Å². The van der Waals surface area contributed by atoms with E-state index in [1.807, 2.05) is 131 Å². The maximum absolute atomic E-state index is 11.8. The van der Waals surface area contributed by atoms with Gasteiger partial charge in [0.2, 0.25) is 5.91 Å². The van der Waals surface area contributed by atoms with Crippen molar-refractivity contribution in [3.63, 3.8) is 0 Å². The summed E-state index contributed by atoms with van der Waals surface area (Å²) in [5.74, 6) is -0.667. The Balaban J connectivity index is 0.000000539. The largest absolute Gasteiger partial charge is 0.481 e. The summed E-state index contributed by atoms with van der Waals surface area (Å²) in [7, 11) is 4.45. The lowest BCUT2D eigenvalue weighted by molar-refractivity contribution is -0.172. The number of ketones is 3. The van der Waals surface area contributed by atoms with Gasteiger partial charge in [0.05, 0.1) is 27.1 Å². The van der Waals surface area contributed by atoms with E-state index in [9.17, 15) is 33.6 Å². The van der Waals surface area contributed by atoms with E-state index < -0.39 is 5.97 Å². The van der Waals surface area contributed by atoms with Crippen LogP contribution in [0.3, 0.4) is 0 Å². The summed E-state index contributed by atoms with van der Waals surface area (Å²) in [5.41, 5.74) is 5.86. The molecule has 6 atom stereocenters. The number of hydroxylamine groups is 2. The second-order valence-electron chi connectivity index (χ2n) is 21.3. The third-order valence-electron chi connectivity index (χ3n) is 13.8. The Morgan fingerprint density at radius 1 is 0.534 bits per heavy atom. The molecule has 1 fully saturated rings. The van der Waals surface area contributed by atoms with Crippen molar-refractivity contribution in [2.24, 2.45) is 29.6 Å². The summed E-state index contributed by atoms with van der Waals surface area (Å²) < 4.78 is 15.0. The molecule has 0 saturated carbocycles. The van der Waals surface area contributed by atoms with E-state index in [0.717, 1.165) is 82.9 Å². The van der Waals surface area contributed by atoms with Gasteiger partial charge >= 0.3 is 17.9 Å². The Morgan fingerprint density at radius 3 is 1.15 bits per heavy atom. The molecular formula is C70H87Br6NO11. The number of carboxylic acid groups (broad SMARTS) is 1. The van der Waals surface area contributed by atoms with Gasteiger partial charge in [0.1, 0.15) is 23.5 Å². The van der Waals surface area contributed by atoms with Crippen LogP contribution in [-0.4, -0.2) is 84.0 Å². The quantitative estimate of drug-likeness (QED) is 0.0230. The van der Waals surface area contributed by atoms with Crippen LogP contribution < -0.4 is 0 Å². The lowest BCUT2D eigenvalue weighted by Crippen LogP contribution is -2.31. The van der Waals surface area contributed by atoms with E-state index in [1.165, 1.54) is 30.4 Å². The van der Waals surface area contributed by atoms with Crippen molar-refractivity contribution in [3.05, 3.63) is 197 Å². The van der Waals surface area contributed by atoms with Crippen LogP contribution >= 0.6 is 95.6 Å². The van der Waals surface area contributed by atoms with Crippen LogP contribution in [0.1, 0.15) is 120 Å². The predicted molar refractivity (Wildman–Crippen MR) is 375 cm³/mol. The molecule has 5 aromatic carbocycles. The van der Waals surface area contributed by atoms with Crippen molar-refractivity contribution in [3.8, 4) is 0 Å². The van der Waals surface area contributed by atoms with Gasteiger partial charge in [-0.15, -0.1) is 13.2 Å². The number of benzene rings is 5. The number of rotatable bonds is 27. The van der Waals surface area contributed by atoms with E-state index in [0.29, 0.717) is 37.4 Å². The highest BCUT2D eigenvalue weighted by Crippen LogP contribution is 2.25. The molecule has 88 heavy (non-hydrogen) atoms. The SMILES string of the molecule is C=CCCBr.C=CCCC(=O)[C@@H](C)Cc1ccc(Br)cc1.COC(=O)CCC(=O)[C@@H](C)Cc1ccc(Br)cc1.CON(C)C(=O)[C@@H](C)Cc1ccc(Br)cc1.C[C@@H](Cc1ccc(Br)cc1)C(=O)CCC(=O)O.C[C@@H](Cc1ccc(Br)cc1)[C@@H]1CCC(=O)O1. The zero-order valence-electron chi connectivity index (χ0n) is 51.9. The van der Waals surface area contributed by atoms with Crippen molar-refractivity contribution in [2.45, 2.75) is 131 Å². The minimum Gasteiger partial charge on any atom is -0.481 e. The fraction of sp³-hybridized carbons (Fsp3) is 0.414. The van der Waals surface area contributed by atoms with Gasteiger partial charge in [-0.1, -0.05) is 203 Å². The maximum Gasteiger partial charge on any atom is 0.306 e. The highest BCUT2D eigenvalue weighted by Gasteiger charge is 2.28. The number of cyclic esters (lactones) is 1. The maximum atomic E-state index is 11.8. The standard InChI is InChI=1S/C14H17BrO3.C14H17BrO.C13H15BrO3.C13H15BrO2.C12H16BrNO2.C4H7Br/c1-10(13(16)7-8-14(17)18-2)9-11-3-5-12(15)6-4-11;1-3-4-5-14(16)11(2)10-12-6-8-13(15)9-7-12;1-9(12(15)6-7-13(16)17)8-10-2-4-11(14)5-3-10;1-9(12-6-7-13(15)16-12)8-10-2-4-11(14)5-3-10;1-9(12(15)14(2)16-3)8-10-4-6-11(13)7-5-10;1-2-3-4-5/h3-6,10H,7-9H2,1-2H3;3,6-9,11H,1,4-5,10H2,2H3;2-5,9H,6-8H2,1H3,(H,16,17);2-5,9,12H,6-8H2,1H3;4-7,9H,8H2,1-3H3;2H,1,3-4H2/t10-;11-;9-;9-,12-;9-;/m00000./s1. The molecule has 0 bridgehead atoms. The van der Waals surface area contributed by atoms with Crippen LogP contribution in [0.5, 0.6) is 0 Å². The topological polar surface area (TPSA) is 171 Å². The number of halogens is 6. The van der Waals surface area contributed by atoms with Gasteiger partial charge in [0.25, 0.3) is 0 Å². The number of nitrogens with zero attached hydrogens (tertiary/aromatic N) is 1. The van der Waals surface area contributed by atoms with Crippen LogP contribution in [0.4, 0.5) is 0 Å². The molecule has 0 spiro atoms. The molecule has 1 heterocycles. The van der Waals surface area contributed by atoms with Gasteiger partial charge in [0.15, 0.2) is 0 Å². The Hall–Kier alpha value is -4.69. The lowest BCUT2D eigenvalue weighted by Gasteiger charge is -2.18. The Morgan fingerprint density at radius 2 is 0.864 bits per heavy atom. The van der Waals surface area contributed by atoms with Gasteiger partial charge in [-0.25, -0.2) is 5.06 Å². The summed E-state index contributed by atoms with van der Waals surface area (Å²) >= 11 is 20.2. The lowest BCUT2D eigenvalue weighted by atomic mass is 9.94. The molecule has 5 aromatic rings. The zero-order valence-corrected chi connectivity index (χ0v) is 61.4. The molecule has 0 unspecified atom stereocenters. The monoisotopic (exact) mass is 1590 g/mol. The Bertz CT molecular complexity index is 2870. The fourth-order valence-corrected chi connectivity index (χ4v) is 10.1. The molecule has 12 nitrogen and oxygen atoms in total. The molecule has 1 amide bonds. The smallest absolute Gasteiger partial charge is 0.306 e. The Labute approximate surface area is 573 Å². The van der Waals surface area contributed by atoms with Crippen molar-refractivity contribution < 1.29 is 53.0 Å². The number of hydrogen-bond donors (Lipinski definition) is 1. The highest BCUT2D eigenvalue weighted by atomic mass is 79.9. The number of aliphatic carboxylic acids is 1. The molecule has 0 aliphatic carbocycles. The summed E-state index contributed by atoms with van der Waals surface area (Å²) in [4.78, 5) is 84.1. The normalized spacial score (nSPS) is 13.6. The first-order valence-electron chi connectivity index (χ1n) is 29.1. The Kier molecular flexibility index (Phi) is 43.7. The van der Waals surface area contributed by atoms with Gasteiger partial charge < -0.3 is 14.6 Å². The number of esters is 2. The number of carboxylic acids is 1. The summed E-state index contributed by atoms with van der Waals surface area (Å²) in [6.45, 7) is 16.9. The van der Waals surface area contributed by atoms with E-state index in [4.69, 9.17) is 14.7 Å². The molecule has 1 saturated heterocycles. The molecule has 0 aromatic heterocycles. The van der Waals surface area contributed by atoms with Gasteiger partial charge in [-0.05, 0) is 146 Å². The molecule has 1 N–H and O–H groups in total. The van der Waals surface area contributed by atoms with E-state index in [2.05, 4.69) is 145 Å². The van der Waals surface area contributed by atoms with Crippen molar-refractivity contribution in [1.29, 1.82) is 0 Å². The van der Waals surface area contributed by atoms with Crippen LogP contribution in [0.15, 0.2) is 169 Å². The number of alkyl halides is 1. The number of Topliss-reactive ketones (excluding diaryl/α,β-unsaturated/α-hetero) is 3. The van der Waals surface area contributed by atoms with Gasteiger partial charge in [-0.3, -0.25) is 38.4 Å². The molecule has 1 aliphatic rings. The highest BCUT2D eigenvalue weighted by molar-refractivity contribution is 9.11.